The fraction of sp³-hybridized carbons (Fsp3) is 0.211. The Balaban J connectivity index is 0.000000211. The molecule has 4 aromatic heterocycles. The van der Waals surface area contributed by atoms with Crippen molar-refractivity contribution in [2.24, 2.45) is 0 Å². The first-order valence-corrected chi connectivity index (χ1v) is 15.3. The van der Waals surface area contributed by atoms with Gasteiger partial charge in [0.25, 0.3) is 0 Å². The number of hydrogen-bond donors (Lipinski definition) is 0. The summed E-state index contributed by atoms with van der Waals surface area (Å²) in [5, 5.41) is 0. The molecule has 0 saturated heterocycles. The third-order valence-electron chi connectivity index (χ3n) is 7.91. The Labute approximate surface area is 311 Å². The van der Waals surface area contributed by atoms with E-state index in [2.05, 4.69) is 89.8 Å². The summed E-state index contributed by atoms with van der Waals surface area (Å²) in [7, 11) is 0. The Hall–Kier alpha value is -3.94. The molecule has 0 bridgehead atoms. The van der Waals surface area contributed by atoms with Crippen molar-refractivity contribution in [2.45, 2.75) is 55.4 Å². The first-order chi connectivity index (χ1) is 22.1. The minimum absolute atomic E-state index is 0. The Bertz CT molecular complexity index is 1810. The van der Waals surface area contributed by atoms with E-state index in [1.165, 1.54) is 0 Å². The van der Waals surface area contributed by atoms with Crippen LogP contribution in [0.3, 0.4) is 0 Å². The molecule has 48 heavy (non-hydrogen) atoms. The molecule has 0 aliphatic carbocycles. The maximum absolute atomic E-state index is 4.62. The van der Waals surface area contributed by atoms with E-state index in [-0.39, 0.29) is 40.2 Å². The molecule has 0 unspecified atom stereocenters. The summed E-state index contributed by atoms with van der Waals surface area (Å²) in [4.78, 5) is 26.6. The number of fused-ring (bicyclic) bond motifs is 1. The van der Waals surface area contributed by atoms with Gasteiger partial charge in [-0.05, 0) is 76.5 Å². The van der Waals surface area contributed by atoms with E-state index in [4.69, 9.17) is 0 Å². The quantitative estimate of drug-likeness (QED) is 0.167. The number of para-hydroxylation sites is 2. The van der Waals surface area contributed by atoms with Crippen LogP contribution >= 0.6 is 0 Å². The van der Waals surface area contributed by atoms with Crippen molar-refractivity contribution in [3.8, 4) is 0 Å². The molecule has 1 aromatic carbocycles. The van der Waals surface area contributed by atoms with Gasteiger partial charge in [-0.3, -0.25) is 9.97 Å². The average molecular weight is 991 g/mol. The Morgan fingerprint density at radius 1 is 0.458 bits per heavy atom. The van der Waals surface area contributed by atoms with Gasteiger partial charge in [0.1, 0.15) is 0 Å². The fourth-order valence-corrected chi connectivity index (χ4v) is 5.76. The fourth-order valence-electron chi connectivity index (χ4n) is 5.76. The third-order valence-corrected chi connectivity index (χ3v) is 7.91. The Morgan fingerprint density at radius 2 is 0.938 bits per heavy atom. The second-order valence-electron chi connectivity index (χ2n) is 11.6. The van der Waals surface area contributed by atoms with Crippen LogP contribution in [0.1, 0.15) is 45.6 Å². The van der Waals surface area contributed by atoms with Crippen LogP contribution in [-0.2, 0) is 40.2 Å². The summed E-state index contributed by atoms with van der Waals surface area (Å²) in [6.07, 6.45) is 4.03. The largest absolute Gasteiger partial charge is 0.499 e. The molecule has 2 aliphatic rings. The van der Waals surface area contributed by atoms with Gasteiger partial charge in [0.15, 0.2) is 0 Å². The number of nitrogens with zero attached hydrogens (tertiary/aromatic N) is 8. The van der Waals surface area contributed by atoms with Crippen molar-refractivity contribution in [1.82, 2.24) is 19.9 Å². The van der Waals surface area contributed by atoms with E-state index < -0.39 is 0 Å². The molecule has 2 radical (unpaired) electrons. The second-order valence-corrected chi connectivity index (χ2v) is 11.6. The van der Waals surface area contributed by atoms with Crippen molar-refractivity contribution in [2.75, 3.05) is 19.6 Å². The molecule has 7 rings (SSSR count). The van der Waals surface area contributed by atoms with E-state index in [0.717, 1.165) is 79.7 Å². The minimum atomic E-state index is 0. The van der Waals surface area contributed by atoms with Crippen molar-refractivity contribution < 1.29 is 40.2 Å². The zero-order chi connectivity index (χ0) is 32.5. The zero-order valence-electron chi connectivity index (χ0n) is 28.3. The molecule has 0 amide bonds. The summed E-state index contributed by atoms with van der Waals surface area (Å²) in [5.74, 6) is 0. The SMILES string of the molecule is Cc1c[c-]c(N2C=CN(c3ccc(C)nc3C)[CH-]2)c(C)n1.Cc1c[c-]c(N2[CH-]N(c3ccc(C)nc3C)c3ccccc32)c(C)n1.[Ir].[Ir]. The van der Waals surface area contributed by atoms with Crippen LogP contribution < -0.4 is 19.6 Å². The smallest absolute Gasteiger partial charge is 0.0587 e. The predicted octanol–water partition coefficient (Wildman–Crippen LogP) is 8.34. The molecule has 252 valence electrons. The maximum atomic E-state index is 4.62. The first kappa shape index (κ1) is 36.9. The van der Waals surface area contributed by atoms with Crippen LogP contribution in [0.2, 0.25) is 0 Å². The minimum Gasteiger partial charge on any atom is -0.499 e. The molecule has 0 fully saturated rings. The van der Waals surface area contributed by atoms with Gasteiger partial charge in [-0.2, -0.15) is 24.3 Å². The van der Waals surface area contributed by atoms with E-state index >= 15 is 0 Å². The number of anilines is 6. The Kier molecular flexibility index (Phi) is 11.9. The van der Waals surface area contributed by atoms with Gasteiger partial charge in [0, 0.05) is 74.3 Å². The monoisotopic (exact) mass is 992 g/mol. The van der Waals surface area contributed by atoms with Gasteiger partial charge in [-0.15, -0.1) is 13.3 Å². The summed E-state index contributed by atoms with van der Waals surface area (Å²) in [5.41, 5.74) is 14.3. The van der Waals surface area contributed by atoms with E-state index in [1.807, 2.05) is 104 Å². The van der Waals surface area contributed by atoms with E-state index in [9.17, 15) is 0 Å². The van der Waals surface area contributed by atoms with Crippen molar-refractivity contribution in [1.29, 1.82) is 0 Å². The number of rotatable bonds is 4. The number of pyridine rings is 4. The molecule has 10 heteroatoms. The second kappa shape index (κ2) is 15.5. The zero-order valence-corrected chi connectivity index (χ0v) is 33.1. The molecule has 6 heterocycles. The van der Waals surface area contributed by atoms with Gasteiger partial charge in [0.05, 0.1) is 11.4 Å². The molecule has 0 spiro atoms. The number of benzene rings is 1. The Morgan fingerprint density at radius 3 is 1.48 bits per heavy atom. The van der Waals surface area contributed by atoms with Crippen LogP contribution in [0.15, 0.2) is 73.1 Å². The normalized spacial score (nSPS) is 13.1. The molecule has 0 atom stereocenters. The van der Waals surface area contributed by atoms with Crippen LogP contribution in [0.4, 0.5) is 34.1 Å². The molecule has 2 aliphatic heterocycles. The summed E-state index contributed by atoms with van der Waals surface area (Å²) in [6, 6.07) is 27.1. The van der Waals surface area contributed by atoms with Gasteiger partial charge in [-0.25, -0.2) is 0 Å². The van der Waals surface area contributed by atoms with Gasteiger partial charge < -0.3 is 29.6 Å². The third kappa shape index (κ3) is 7.68. The van der Waals surface area contributed by atoms with Crippen molar-refractivity contribution >= 4 is 34.1 Å². The van der Waals surface area contributed by atoms with Gasteiger partial charge in [0.2, 0.25) is 0 Å². The van der Waals surface area contributed by atoms with Crippen LogP contribution in [0.5, 0.6) is 0 Å². The standard InChI is InChI=1S/C21H20N4.C17H18N4.2Ir/c1-14-9-11-18(16(3)22-14)24-13-25(21-8-6-5-7-20(21)24)19-12-10-15(2)23-17(19)4;1-12-5-7-16(14(3)18-12)20-9-10-21(11-20)17-8-6-13(2)19-15(17)4;;/h5-11,13H,1-4H3;5-7,9-11H,1-4H3;;/q2*-2;;. The molecular formula is C38H38Ir2N8-4. The molecule has 0 saturated carbocycles. The summed E-state index contributed by atoms with van der Waals surface area (Å²) in [6.45, 7) is 20.2. The first-order valence-electron chi connectivity index (χ1n) is 15.3. The van der Waals surface area contributed by atoms with Crippen LogP contribution in [0.25, 0.3) is 0 Å². The number of aromatic nitrogens is 4. The van der Waals surface area contributed by atoms with Gasteiger partial charge in [-0.1, -0.05) is 74.0 Å². The summed E-state index contributed by atoms with van der Waals surface area (Å²) < 4.78 is 0. The van der Waals surface area contributed by atoms with Crippen molar-refractivity contribution in [3.63, 3.8) is 0 Å². The number of hydrogen-bond acceptors (Lipinski definition) is 8. The van der Waals surface area contributed by atoms with Gasteiger partial charge >= 0.3 is 0 Å². The molecule has 5 aromatic rings. The van der Waals surface area contributed by atoms with Crippen molar-refractivity contribution in [3.05, 3.63) is 144 Å². The van der Waals surface area contributed by atoms with E-state index in [1.54, 1.807) is 0 Å². The van der Waals surface area contributed by atoms with E-state index in [0.29, 0.717) is 0 Å². The van der Waals surface area contributed by atoms with Crippen LogP contribution in [-0.4, -0.2) is 19.9 Å². The molecule has 8 nitrogen and oxygen atoms in total. The van der Waals surface area contributed by atoms with Crippen LogP contribution in [0, 0.1) is 80.9 Å². The average Bonchev–Trinajstić information content (AvgIpc) is 3.63. The maximum Gasteiger partial charge on any atom is 0.0587 e. The summed E-state index contributed by atoms with van der Waals surface area (Å²) >= 11 is 0. The number of aryl methyl sites for hydroxylation is 8. The topological polar surface area (TPSA) is 64.5 Å². The molecular weight excluding hydrogens is 953 g/mol. The molecule has 0 N–H and O–H groups in total. The predicted molar refractivity (Wildman–Crippen MR) is 186 cm³/mol.